The summed E-state index contributed by atoms with van der Waals surface area (Å²) in [6.07, 6.45) is 2.60. The predicted octanol–water partition coefficient (Wildman–Crippen LogP) is 3.28. The van der Waals surface area contributed by atoms with Crippen LogP contribution in [0.1, 0.15) is 42.0 Å². The van der Waals surface area contributed by atoms with Crippen molar-refractivity contribution in [2.24, 2.45) is 0 Å². The van der Waals surface area contributed by atoms with Crippen LogP contribution in [0.2, 0.25) is 0 Å². The Hall–Kier alpha value is -2.37. The Labute approximate surface area is 120 Å². The van der Waals surface area contributed by atoms with Gasteiger partial charge in [0.2, 0.25) is 0 Å². The van der Waals surface area contributed by atoms with Crippen LogP contribution in [0, 0.1) is 17.0 Å². The van der Waals surface area contributed by atoms with Gasteiger partial charge in [-0.2, -0.15) is 0 Å². The maximum absolute atomic E-state index is 11.2. The third kappa shape index (κ3) is 2.37. The average Bonchev–Trinajstić information content (AvgIpc) is 3.18. The summed E-state index contributed by atoms with van der Waals surface area (Å²) in [6, 6.07) is 3.38. The number of aromatic amines is 1. The summed E-state index contributed by atoms with van der Waals surface area (Å²) < 4.78 is 0. The number of aryl methyl sites for hydroxylation is 2. The Morgan fingerprint density at radius 2 is 2.19 bits per heavy atom. The number of carboxylic acid groups (broad SMARTS) is 1. The van der Waals surface area contributed by atoms with E-state index in [9.17, 15) is 14.9 Å². The summed E-state index contributed by atoms with van der Waals surface area (Å²) in [5.74, 6) is -0.408. The van der Waals surface area contributed by atoms with Gasteiger partial charge in [0.25, 0.3) is 5.69 Å². The van der Waals surface area contributed by atoms with Crippen LogP contribution >= 0.6 is 0 Å². The molecule has 2 aromatic rings. The van der Waals surface area contributed by atoms with Crippen LogP contribution in [-0.4, -0.2) is 21.0 Å². The molecule has 1 aromatic carbocycles. The molecule has 0 saturated heterocycles. The molecule has 110 valence electrons. The summed E-state index contributed by atoms with van der Waals surface area (Å²) in [7, 11) is 0. The standard InChI is InChI=1S/C15H16N2O4/c1-8-10(5-7-13(18)19)14-11(9-2-3-9)4-6-12(17(20)21)15(14)16-8/h4,6,9,16H,2-3,5,7H2,1H3,(H,18,19). The quantitative estimate of drug-likeness (QED) is 0.651. The van der Waals surface area contributed by atoms with Crippen molar-refractivity contribution >= 4 is 22.6 Å². The van der Waals surface area contributed by atoms with Gasteiger partial charge in [-0.05, 0) is 43.2 Å². The first-order valence-electron chi connectivity index (χ1n) is 6.99. The zero-order valence-corrected chi connectivity index (χ0v) is 11.7. The number of aromatic nitrogens is 1. The van der Waals surface area contributed by atoms with E-state index in [4.69, 9.17) is 5.11 Å². The Balaban J connectivity index is 2.21. The lowest BCUT2D eigenvalue weighted by molar-refractivity contribution is -0.383. The number of non-ortho nitro benzene ring substituents is 1. The first kappa shape index (κ1) is 13.6. The van der Waals surface area contributed by atoms with Crippen LogP contribution in [0.25, 0.3) is 10.9 Å². The molecule has 1 fully saturated rings. The second-order valence-electron chi connectivity index (χ2n) is 5.58. The molecule has 0 amide bonds. The molecule has 0 spiro atoms. The van der Waals surface area contributed by atoms with Crippen molar-refractivity contribution in [3.05, 3.63) is 39.1 Å². The molecule has 0 radical (unpaired) electrons. The number of H-pyrrole nitrogens is 1. The van der Waals surface area contributed by atoms with E-state index in [0.717, 1.165) is 35.0 Å². The lowest BCUT2D eigenvalue weighted by atomic mass is 9.98. The third-order valence-electron chi connectivity index (χ3n) is 4.09. The van der Waals surface area contributed by atoms with Gasteiger partial charge >= 0.3 is 5.97 Å². The Bertz CT molecular complexity index is 744. The van der Waals surface area contributed by atoms with E-state index in [1.807, 2.05) is 13.0 Å². The molecular weight excluding hydrogens is 272 g/mol. The maximum Gasteiger partial charge on any atom is 0.303 e. The number of rotatable bonds is 5. The molecule has 1 aliphatic carbocycles. The summed E-state index contributed by atoms with van der Waals surface area (Å²) >= 11 is 0. The van der Waals surface area contributed by atoms with Crippen LogP contribution in [0.4, 0.5) is 5.69 Å². The first-order chi connectivity index (χ1) is 9.99. The van der Waals surface area contributed by atoms with Gasteiger partial charge < -0.3 is 10.1 Å². The number of hydrogen-bond donors (Lipinski definition) is 2. The number of benzene rings is 1. The lowest BCUT2D eigenvalue weighted by Crippen LogP contribution is -1.99. The molecule has 1 aliphatic rings. The third-order valence-corrected chi connectivity index (χ3v) is 4.09. The molecule has 0 atom stereocenters. The number of nitrogens with one attached hydrogen (secondary N) is 1. The Kier molecular flexibility index (Phi) is 3.16. The molecular formula is C15H16N2O4. The van der Waals surface area contributed by atoms with Gasteiger partial charge in [-0.1, -0.05) is 6.07 Å². The molecule has 0 unspecified atom stereocenters. The largest absolute Gasteiger partial charge is 0.481 e. The molecule has 2 N–H and O–H groups in total. The van der Waals surface area contributed by atoms with E-state index in [0.29, 0.717) is 17.9 Å². The highest BCUT2D eigenvalue weighted by molar-refractivity contribution is 5.95. The van der Waals surface area contributed by atoms with Gasteiger partial charge in [0, 0.05) is 23.6 Å². The number of nitrogens with zero attached hydrogens (tertiary/aromatic N) is 1. The van der Waals surface area contributed by atoms with E-state index >= 15 is 0 Å². The number of hydrogen-bond acceptors (Lipinski definition) is 3. The van der Waals surface area contributed by atoms with E-state index in [1.54, 1.807) is 6.07 Å². The Morgan fingerprint density at radius 1 is 1.48 bits per heavy atom. The van der Waals surface area contributed by atoms with Crippen molar-refractivity contribution in [3.63, 3.8) is 0 Å². The molecule has 0 aliphatic heterocycles. The zero-order chi connectivity index (χ0) is 15.1. The lowest BCUT2D eigenvalue weighted by Gasteiger charge is -2.05. The minimum Gasteiger partial charge on any atom is -0.481 e. The molecule has 1 saturated carbocycles. The number of aliphatic carboxylic acids is 1. The van der Waals surface area contributed by atoms with E-state index < -0.39 is 10.9 Å². The molecule has 1 aromatic heterocycles. The van der Waals surface area contributed by atoms with Crippen molar-refractivity contribution in [1.29, 1.82) is 0 Å². The number of nitro benzene ring substituents is 1. The van der Waals surface area contributed by atoms with E-state index in [2.05, 4.69) is 4.98 Å². The van der Waals surface area contributed by atoms with Gasteiger partial charge in [-0.15, -0.1) is 0 Å². The summed E-state index contributed by atoms with van der Waals surface area (Å²) in [5.41, 5.74) is 3.42. The highest BCUT2D eigenvalue weighted by atomic mass is 16.6. The number of nitro groups is 1. The topological polar surface area (TPSA) is 96.2 Å². The van der Waals surface area contributed by atoms with Crippen molar-refractivity contribution in [3.8, 4) is 0 Å². The number of carbonyl (C=O) groups is 1. The smallest absolute Gasteiger partial charge is 0.303 e. The normalized spacial score (nSPS) is 14.5. The molecule has 1 heterocycles. The number of carboxylic acids is 1. The van der Waals surface area contributed by atoms with E-state index in [-0.39, 0.29) is 12.1 Å². The van der Waals surface area contributed by atoms with Crippen molar-refractivity contribution in [2.45, 2.75) is 38.5 Å². The van der Waals surface area contributed by atoms with E-state index in [1.165, 1.54) is 0 Å². The van der Waals surface area contributed by atoms with Crippen LogP contribution in [-0.2, 0) is 11.2 Å². The van der Waals surface area contributed by atoms with Gasteiger partial charge in [0.1, 0.15) is 5.52 Å². The number of fused-ring (bicyclic) bond motifs is 1. The minimum absolute atomic E-state index is 0.0284. The van der Waals surface area contributed by atoms with Crippen molar-refractivity contribution < 1.29 is 14.8 Å². The predicted molar refractivity (Wildman–Crippen MR) is 77.6 cm³/mol. The van der Waals surface area contributed by atoms with Crippen LogP contribution in [0.15, 0.2) is 12.1 Å². The fraction of sp³-hybridized carbons (Fsp3) is 0.400. The highest BCUT2D eigenvalue weighted by Crippen LogP contribution is 2.46. The molecule has 0 bridgehead atoms. The van der Waals surface area contributed by atoms with Gasteiger partial charge in [-0.25, -0.2) is 0 Å². The first-order valence-corrected chi connectivity index (χ1v) is 6.99. The zero-order valence-electron chi connectivity index (χ0n) is 11.7. The maximum atomic E-state index is 11.2. The highest BCUT2D eigenvalue weighted by Gasteiger charge is 2.30. The monoisotopic (exact) mass is 288 g/mol. The summed E-state index contributed by atoms with van der Waals surface area (Å²) in [5, 5.41) is 20.9. The average molecular weight is 288 g/mol. The second-order valence-corrected chi connectivity index (χ2v) is 5.58. The molecule has 6 heteroatoms. The Morgan fingerprint density at radius 3 is 2.76 bits per heavy atom. The second kappa shape index (κ2) is 4.87. The van der Waals surface area contributed by atoms with Crippen LogP contribution in [0.3, 0.4) is 0 Å². The van der Waals surface area contributed by atoms with Gasteiger partial charge in [0.05, 0.1) is 4.92 Å². The fourth-order valence-corrected chi connectivity index (χ4v) is 2.94. The van der Waals surface area contributed by atoms with Gasteiger partial charge in [-0.3, -0.25) is 14.9 Å². The summed E-state index contributed by atoms with van der Waals surface area (Å²) in [6.45, 7) is 1.84. The fourth-order valence-electron chi connectivity index (χ4n) is 2.94. The minimum atomic E-state index is -0.859. The van der Waals surface area contributed by atoms with Crippen LogP contribution < -0.4 is 0 Å². The summed E-state index contributed by atoms with van der Waals surface area (Å²) in [4.78, 5) is 24.7. The molecule has 21 heavy (non-hydrogen) atoms. The molecule has 3 rings (SSSR count). The SMILES string of the molecule is Cc1[nH]c2c([N+](=O)[O-])ccc(C3CC3)c2c1CCC(=O)O. The van der Waals surface area contributed by atoms with Crippen LogP contribution in [0.5, 0.6) is 0 Å². The van der Waals surface area contributed by atoms with Gasteiger partial charge in [0.15, 0.2) is 0 Å². The molecule has 6 nitrogen and oxygen atoms in total. The van der Waals surface area contributed by atoms with Crippen molar-refractivity contribution in [1.82, 2.24) is 4.98 Å². The van der Waals surface area contributed by atoms with Crippen molar-refractivity contribution in [2.75, 3.05) is 0 Å².